The van der Waals surface area contributed by atoms with Crippen molar-refractivity contribution >= 4 is 17.6 Å². The third kappa shape index (κ3) is 5.88. The molecular weight excluding hydrogens is 166 g/mol. The first-order chi connectivity index (χ1) is 5.04. The minimum Gasteiger partial charge on any atom is -0.460 e. The molecule has 0 fully saturated rings. The highest BCUT2D eigenvalue weighted by molar-refractivity contribution is 6.40. The summed E-state index contributed by atoms with van der Waals surface area (Å²) in [7, 11) is 3.78. The van der Waals surface area contributed by atoms with Gasteiger partial charge < -0.3 is 9.64 Å². The Morgan fingerprint density at radius 2 is 2.18 bits per heavy atom. The first-order valence-electron chi connectivity index (χ1n) is 3.20. The van der Waals surface area contributed by atoms with Crippen LogP contribution >= 0.6 is 11.6 Å². The van der Waals surface area contributed by atoms with Crippen LogP contribution in [0.4, 0.5) is 0 Å². The fourth-order valence-corrected chi connectivity index (χ4v) is 0.454. The average Bonchev–Trinajstić information content (AvgIpc) is 1.86. The number of likely N-dealkylation sites (N-methyl/N-ethyl adjacent to an activating group) is 1. The van der Waals surface area contributed by atoms with E-state index >= 15 is 0 Å². The van der Waals surface area contributed by atoms with Gasteiger partial charge in [-0.05, 0) is 14.1 Å². The molecule has 0 saturated carbocycles. The van der Waals surface area contributed by atoms with Gasteiger partial charge in [0.05, 0.1) is 0 Å². The summed E-state index contributed by atoms with van der Waals surface area (Å²) in [6.07, 6.45) is 0. The number of halogens is 1. The second-order valence-corrected chi connectivity index (χ2v) is 2.80. The number of carbonyl (C=O) groups excluding carboxylic acids is 1. The summed E-state index contributed by atoms with van der Waals surface area (Å²) in [5.41, 5.74) is 0. The maximum Gasteiger partial charge on any atom is 0.349 e. The molecule has 0 rings (SSSR count). The molecule has 0 bridgehead atoms. The molecule has 0 aliphatic rings. The molecule has 11 heavy (non-hydrogen) atoms. The molecule has 0 aromatic heterocycles. The largest absolute Gasteiger partial charge is 0.460 e. The molecule has 0 aromatic carbocycles. The first kappa shape index (κ1) is 10.5. The lowest BCUT2D eigenvalue weighted by Gasteiger charge is -2.08. The van der Waals surface area contributed by atoms with Crippen molar-refractivity contribution in [2.75, 3.05) is 27.2 Å². The molecule has 0 unspecified atom stereocenters. The number of hydrogen-bond donors (Lipinski definition) is 0. The Balaban J connectivity index is 3.40. The van der Waals surface area contributed by atoms with Gasteiger partial charge in [0, 0.05) is 6.54 Å². The van der Waals surface area contributed by atoms with Crippen LogP contribution in [0, 0.1) is 0 Å². The molecule has 0 heterocycles. The molecule has 0 spiro atoms. The van der Waals surface area contributed by atoms with Crippen molar-refractivity contribution < 1.29 is 9.53 Å². The monoisotopic (exact) mass is 177 g/mol. The van der Waals surface area contributed by atoms with E-state index in [1.807, 2.05) is 19.0 Å². The maximum absolute atomic E-state index is 10.7. The van der Waals surface area contributed by atoms with Crippen molar-refractivity contribution in [1.29, 1.82) is 0 Å². The minimum atomic E-state index is -0.548. The summed E-state index contributed by atoms with van der Waals surface area (Å²) in [4.78, 5) is 12.6. The van der Waals surface area contributed by atoms with Gasteiger partial charge in [-0.2, -0.15) is 0 Å². The van der Waals surface area contributed by atoms with Crippen LogP contribution in [-0.4, -0.2) is 38.1 Å². The molecule has 3 nitrogen and oxygen atoms in total. The maximum atomic E-state index is 10.7. The summed E-state index contributed by atoms with van der Waals surface area (Å²) < 4.78 is 4.70. The molecule has 0 saturated heterocycles. The van der Waals surface area contributed by atoms with Gasteiger partial charge in [0.15, 0.2) is 0 Å². The molecule has 64 valence electrons. The number of carbonyl (C=O) groups is 1. The zero-order valence-corrected chi connectivity index (χ0v) is 7.52. The Bertz CT molecular complexity index is 157. The van der Waals surface area contributed by atoms with Gasteiger partial charge in [-0.25, -0.2) is 4.79 Å². The molecule has 0 atom stereocenters. The van der Waals surface area contributed by atoms with Crippen molar-refractivity contribution in [2.24, 2.45) is 0 Å². The van der Waals surface area contributed by atoms with Crippen LogP contribution in [0.15, 0.2) is 11.6 Å². The fourth-order valence-electron chi connectivity index (χ4n) is 0.399. The van der Waals surface area contributed by atoms with E-state index in [1.54, 1.807) is 0 Å². The van der Waals surface area contributed by atoms with Gasteiger partial charge in [0.2, 0.25) is 0 Å². The fraction of sp³-hybridized carbons (Fsp3) is 0.571. The molecule has 0 aliphatic heterocycles. The number of ether oxygens (including phenoxy) is 1. The summed E-state index contributed by atoms with van der Waals surface area (Å²) in [5.74, 6) is -0.548. The van der Waals surface area contributed by atoms with Gasteiger partial charge in [0.25, 0.3) is 0 Å². The normalized spacial score (nSPS) is 9.82. The van der Waals surface area contributed by atoms with E-state index in [4.69, 9.17) is 16.3 Å². The molecule has 0 aromatic rings. The summed E-state index contributed by atoms with van der Waals surface area (Å²) in [5, 5.41) is -0.0799. The van der Waals surface area contributed by atoms with Crippen LogP contribution in [0.5, 0.6) is 0 Å². The zero-order chi connectivity index (χ0) is 8.85. The summed E-state index contributed by atoms with van der Waals surface area (Å²) in [6.45, 7) is 4.27. The topological polar surface area (TPSA) is 29.5 Å². The number of esters is 1. The van der Waals surface area contributed by atoms with Crippen LogP contribution in [0.25, 0.3) is 0 Å². The Morgan fingerprint density at radius 1 is 1.64 bits per heavy atom. The third-order valence-corrected chi connectivity index (χ3v) is 1.15. The lowest BCUT2D eigenvalue weighted by atomic mass is 10.6. The molecule has 4 heteroatoms. The van der Waals surface area contributed by atoms with E-state index in [2.05, 4.69) is 6.58 Å². The zero-order valence-electron chi connectivity index (χ0n) is 6.76. The smallest absolute Gasteiger partial charge is 0.349 e. The van der Waals surface area contributed by atoms with E-state index < -0.39 is 5.97 Å². The predicted octanol–water partition coefficient (Wildman–Crippen LogP) is 0.844. The highest BCUT2D eigenvalue weighted by Gasteiger charge is 2.03. The number of nitrogens with zero attached hydrogens (tertiary/aromatic N) is 1. The van der Waals surface area contributed by atoms with E-state index in [-0.39, 0.29) is 5.03 Å². The average molecular weight is 178 g/mol. The lowest BCUT2D eigenvalue weighted by molar-refractivity contribution is -0.138. The van der Waals surface area contributed by atoms with E-state index in [1.165, 1.54) is 0 Å². The van der Waals surface area contributed by atoms with E-state index in [9.17, 15) is 4.79 Å². The van der Waals surface area contributed by atoms with Crippen molar-refractivity contribution in [3.05, 3.63) is 11.6 Å². The van der Waals surface area contributed by atoms with Crippen molar-refractivity contribution in [2.45, 2.75) is 0 Å². The molecule has 0 radical (unpaired) electrons. The van der Waals surface area contributed by atoms with Crippen LogP contribution in [0.1, 0.15) is 0 Å². The van der Waals surface area contributed by atoms with Gasteiger partial charge in [0.1, 0.15) is 11.6 Å². The number of hydrogen-bond acceptors (Lipinski definition) is 3. The predicted molar refractivity (Wildman–Crippen MR) is 44.5 cm³/mol. The van der Waals surface area contributed by atoms with Crippen LogP contribution < -0.4 is 0 Å². The van der Waals surface area contributed by atoms with E-state index in [0.717, 1.165) is 0 Å². The molecule has 0 N–H and O–H groups in total. The Kier molecular flexibility index (Phi) is 4.90. The van der Waals surface area contributed by atoms with Gasteiger partial charge in [-0.1, -0.05) is 18.2 Å². The minimum absolute atomic E-state index is 0.0799. The second-order valence-electron chi connectivity index (χ2n) is 2.34. The van der Waals surface area contributed by atoms with Crippen LogP contribution in [-0.2, 0) is 9.53 Å². The van der Waals surface area contributed by atoms with Gasteiger partial charge in [-0.15, -0.1) is 0 Å². The quantitative estimate of drug-likeness (QED) is 0.471. The highest BCUT2D eigenvalue weighted by atomic mass is 35.5. The highest BCUT2D eigenvalue weighted by Crippen LogP contribution is 1.98. The second kappa shape index (κ2) is 5.16. The Labute approximate surface area is 71.6 Å². The third-order valence-electron chi connectivity index (χ3n) is 0.993. The standard InChI is InChI=1S/C7H12ClNO2/c1-6(8)7(10)11-5-4-9(2)3/h1,4-5H2,2-3H3. The molecule has 0 amide bonds. The van der Waals surface area contributed by atoms with Crippen molar-refractivity contribution in [3.8, 4) is 0 Å². The van der Waals surface area contributed by atoms with E-state index in [0.29, 0.717) is 13.2 Å². The lowest BCUT2D eigenvalue weighted by Crippen LogP contribution is -2.19. The summed E-state index contributed by atoms with van der Waals surface area (Å²) >= 11 is 5.26. The van der Waals surface area contributed by atoms with Crippen molar-refractivity contribution in [1.82, 2.24) is 4.90 Å². The summed E-state index contributed by atoms with van der Waals surface area (Å²) in [6, 6.07) is 0. The Hall–Kier alpha value is -0.540. The van der Waals surface area contributed by atoms with Gasteiger partial charge in [-0.3, -0.25) is 0 Å². The van der Waals surface area contributed by atoms with Crippen LogP contribution in [0.3, 0.4) is 0 Å². The van der Waals surface area contributed by atoms with Crippen LogP contribution in [0.2, 0.25) is 0 Å². The first-order valence-corrected chi connectivity index (χ1v) is 3.58. The molecular formula is C7H12ClNO2. The Morgan fingerprint density at radius 3 is 2.55 bits per heavy atom. The SMILES string of the molecule is C=C(Cl)C(=O)OCCN(C)C. The molecule has 0 aliphatic carbocycles. The van der Waals surface area contributed by atoms with Crippen molar-refractivity contribution in [3.63, 3.8) is 0 Å². The number of rotatable bonds is 4. The van der Waals surface area contributed by atoms with Gasteiger partial charge >= 0.3 is 5.97 Å².